The lowest BCUT2D eigenvalue weighted by atomic mass is 9.99. The molecule has 0 spiro atoms. The molecule has 0 fully saturated rings. The molecule has 0 radical (unpaired) electrons. The average Bonchev–Trinajstić information content (AvgIpc) is 2.81. The summed E-state index contributed by atoms with van der Waals surface area (Å²) in [6, 6.07) is 11.9. The molecular weight excluding hydrogens is 461 g/mol. The van der Waals surface area contributed by atoms with Crippen molar-refractivity contribution in [1.29, 1.82) is 0 Å². The van der Waals surface area contributed by atoms with Crippen LogP contribution in [0.1, 0.15) is 45.2 Å². The summed E-state index contributed by atoms with van der Waals surface area (Å²) in [7, 11) is 0. The van der Waals surface area contributed by atoms with Crippen molar-refractivity contribution in [2.45, 2.75) is 39.4 Å². The van der Waals surface area contributed by atoms with Crippen LogP contribution in [0.25, 0.3) is 0 Å². The third-order valence-corrected chi connectivity index (χ3v) is 5.49. The van der Waals surface area contributed by atoms with Gasteiger partial charge in [0.1, 0.15) is 18.1 Å². The van der Waals surface area contributed by atoms with E-state index < -0.39 is 11.7 Å². The topological polar surface area (TPSA) is 85.7 Å². The van der Waals surface area contributed by atoms with Crippen molar-refractivity contribution in [3.63, 3.8) is 0 Å². The zero-order valence-corrected chi connectivity index (χ0v) is 19.3. The van der Waals surface area contributed by atoms with Gasteiger partial charge in [-0.25, -0.2) is 0 Å². The third-order valence-electron chi connectivity index (χ3n) is 5.49. The van der Waals surface area contributed by atoms with Crippen LogP contribution in [0.4, 0.5) is 13.2 Å². The van der Waals surface area contributed by atoms with Crippen molar-refractivity contribution < 1.29 is 27.5 Å². The molecule has 1 N–H and O–H groups in total. The number of aryl methyl sites for hydroxylation is 2. The van der Waals surface area contributed by atoms with Gasteiger partial charge in [-0.3, -0.25) is 4.79 Å². The summed E-state index contributed by atoms with van der Waals surface area (Å²) in [6.45, 7) is 5.70. The van der Waals surface area contributed by atoms with Crippen molar-refractivity contribution >= 4 is 11.6 Å². The maximum absolute atomic E-state index is 13.1. The summed E-state index contributed by atoms with van der Waals surface area (Å²) in [5, 5.41) is 15.1. The molecule has 182 valence electrons. The van der Waals surface area contributed by atoms with Crippen molar-refractivity contribution in [1.82, 2.24) is 15.5 Å². The van der Waals surface area contributed by atoms with Gasteiger partial charge in [0.2, 0.25) is 5.88 Å². The highest BCUT2D eigenvalue weighted by Gasteiger charge is 2.31. The molecule has 2 heterocycles. The van der Waals surface area contributed by atoms with Gasteiger partial charge in [-0.15, -0.1) is 10.2 Å². The number of aromatic nitrogens is 2. The highest BCUT2D eigenvalue weighted by molar-refractivity contribution is 6.03. The van der Waals surface area contributed by atoms with Crippen LogP contribution >= 0.6 is 0 Å². The quantitative estimate of drug-likeness (QED) is 0.496. The molecule has 0 amide bonds. The maximum atomic E-state index is 13.1. The first-order valence-electron chi connectivity index (χ1n) is 10.9. The molecule has 7 nitrogen and oxygen atoms in total. The first kappa shape index (κ1) is 24.2. The summed E-state index contributed by atoms with van der Waals surface area (Å²) in [6.07, 6.45) is -3.89. The number of Topliss-reactive ketones (excluding diaryl/α,β-unsaturated/α-hetero) is 1. The number of benzene rings is 2. The molecule has 0 saturated carbocycles. The van der Waals surface area contributed by atoms with E-state index in [1.54, 1.807) is 0 Å². The van der Waals surface area contributed by atoms with Gasteiger partial charge >= 0.3 is 6.18 Å². The Balaban J connectivity index is 1.63. The molecule has 3 aromatic rings. The van der Waals surface area contributed by atoms with Gasteiger partial charge in [-0.05, 0) is 55.7 Å². The molecule has 0 unspecified atom stereocenters. The summed E-state index contributed by atoms with van der Waals surface area (Å²) in [5.74, 6) is -0.301. The van der Waals surface area contributed by atoms with E-state index in [0.717, 1.165) is 28.8 Å². The molecule has 1 atom stereocenters. The fourth-order valence-electron chi connectivity index (χ4n) is 3.68. The zero-order chi connectivity index (χ0) is 25.2. The molecule has 0 bridgehead atoms. The largest absolute Gasteiger partial charge is 0.437 e. The summed E-state index contributed by atoms with van der Waals surface area (Å²) < 4.78 is 45.0. The highest BCUT2D eigenvalue weighted by Crippen LogP contribution is 2.33. The predicted molar refractivity (Wildman–Crippen MR) is 123 cm³/mol. The van der Waals surface area contributed by atoms with E-state index in [1.807, 2.05) is 19.9 Å². The Morgan fingerprint density at radius 3 is 2.66 bits per heavy atom. The Bertz CT molecular complexity index is 1290. The minimum atomic E-state index is -4.53. The SMILES string of the molecule is CC(=O)c1cc(C2=NOC[C@@H](Cc3ccc(C)cc3C)N2)c(Oc2cccc(C(F)(F)F)c2)nn1. The Kier molecular flexibility index (Phi) is 6.72. The van der Waals surface area contributed by atoms with Crippen LogP contribution < -0.4 is 10.1 Å². The van der Waals surface area contributed by atoms with E-state index in [9.17, 15) is 18.0 Å². The lowest BCUT2D eigenvalue weighted by Crippen LogP contribution is -2.43. The van der Waals surface area contributed by atoms with E-state index in [0.29, 0.717) is 13.0 Å². The number of hydrogen-bond donors (Lipinski definition) is 1. The van der Waals surface area contributed by atoms with Crippen molar-refractivity contribution in [3.05, 3.63) is 82.0 Å². The number of carbonyl (C=O) groups excluding carboxylic acids is 1. The standard InChI is InChI=1S/C25H23F3N4O3/c1-14-7-8-17(15(2)9-14)10-19-13-34-32-23(29-19)21-12-22(16(3)33)30-31-24(21)35-20-6-4-5-18(11-20)25(26,27)28/h4-9,11-12,19H,10,13H2,1-3H3,(H,29,32)/t19-/m1/s1. The first-order valence-corrected chi connectivity index (χ1v) is 10.9. The zero-order valence-electron chi connectivity index (χ0n) is 19.3. The van der Waals surface area contributed by atoms with Crippen LogP contribution in [0.15, 0.2) is 53.7 Å². The molecular formula is C25H23F3N4O3. The van der Waals surface area contributed by atoms with Gasteiger partial charge in [-0.2, -0.15) is 13.2 Å². The van der Waals surface area contributed by atoms with Gasteiger partial charge < -0.3 is 14.9 Å². The van der Waals surface area contributed by atoms with Crippen LogP contribution in [0.3, 0.4) is 0 Å². The number of alkyl halides is 3. The Morgan fingerprint density at radius 1 is 1.14 bits per heavy atom. The number of amidine groups is 1. The smallest absolute Gasteiger partial charge is 0.416 e. The average molecular weight is 484 g/mol. The van der Waals surface area contributed by atoms with Crippen molar-refractivity contribution in [3.8, 4) is 11.6 Å². The second-order valence-electron chi connectivity index (χ2n) is 8.34. The number of oxime groups is 1. The molecule has 35 heavy (non-hydrogen) atoms. The van der Waals surface area contributed by atoms with Gasteiger partial charge in [0.05, 0.1) is 17.2 Å². The second kappa shape index (κ2) is 9.73. The van der Waals surface area contributed by atoms with Gasteiger partial charge in [0.25, 0.3) is 0 Å². The number of nitrogens with zero attached hydrogens (tertiary/aromatic N) is 3. The summed E-state index contributed by atoms with van der Waals surface area (Å²) in [4.78, 5) is 17.4. The third kappa shape index (κ3) is 5.76. The number of ether oxygens (including phenoxy) is 1. The van der Waals surface area contributed by atoms with Crippen LogP contribution in [-0.4, -0.2) is 34.5 Å². The first-order chi connectivity index (χ1) is 16.6. The van der Waals surface area contributed by atoms with E-state index in [-0.39, 0.29) is 40.5 Å². The number of ketones is 1. The monoisotopic (exact) mass is 484 g/mol. The number of nitrogens with one attached hydrogen (secondary N) is 1. The fourth-order valence-corrected chi connectivity index (χ4v) is 3.68. The number of hydrogen-bond acceptors (Lipinski definition) is 7. The van der Waals surface area contributed by atoms with Crippen LogP contribution in [0.2, 0.25) is 0 Å². The van der Waals surface area contributed by atoms with Gasteiger partial charge in [0, 0.05) is 6.92 Å². The normalized spacial score (nSPS) is 15.6. The summed E-state index contributed by atoms with van der Waals surface area (Å²) >= 11 is 0. The molecule has 4 rings (SSSR count). The van der Waals surface area contributed by atoms with E-state index in [1.165, 1.54) is 25.1 Å². The van der Waals surface area contributed by atoms with E-state index in [2.05, 4.69) is 32.8 Å². The van der Waals surface area contributed by atoms with Crippen LogP contribution in [0, 0.1) is 13.8 Å². The van der Waals surface area contributed by atoms with Crippen molar-refractivity contribution in [2.24, 2.45) is 5.16 Å². The Labute approximate surface area is 200 Å². The maximum Gasteiger partial charge on any atom is 0.416 e. The molecule has 2 aromatic carbocycles. The molecule has 1 aromatic heterocycles. The molecule has 0 saturated heterocycles. The lowest BCUT2D eigenvalue weighted by Gasteiger charge is -2.25. The van der Waals surface area contributed by atoms with E-state index >= 15 is 0 Å². The highest BCUT2D eigenvalue weighted by atomic mass is 19.4. The van der Waals surface area contributed by atoms with Crippen molar-refractivity contribution in [2.75, 3.05) is 6.61 Å². The number of carbonyl (C=O) groups is 1. The minimum absolute atomic E-state index is 0.0531. The molecule has 0 aliphatic carbocycles. The molecule has 1 aliphatic heterocycles. The number of halogens is 3. The molecule has 10 heteroatoms. The lowest BCUT2D eigenvalue weighted by molar-refractivity contribution is -0.137. The predicted octanol–water partition coefficient (Wildman–Crippen LogP) is 5.00. The van der Waals surface area contributed by atoms with E-state index in [4.69, 9.17) is 9.57 Å². The van der Waals surface area contributed by atoms with Crippen LogP contribution in [-0.2, 0) is 17.4 Å². The fraction of sp³-hybridized carbons (Fsp3) is 0.280. The van der Waals surface area contributed by atoms with Gasteiger partial charge in [0.15, 0.2) is 11.6 Å². The second-order valence-corrected chi connectivity index (χ2v) is 8.34. The summed E-state index contributed by atoms with van der Waals surface area (Å²) in [5.41, 5.74) is 2.88. The Hall–Kier alpha value is -3.95. The van der Waals surface area contributed by atoms with Crippen LogP contribution in [0.5, 0.6) is 11.6 Å². The number of rotatable bonds is 6. The minimum Gasteiger partial charge on any atom is -0.437 e. The Morgan fingerprint density at radius 2 is 1.94 bits per heavy atom. The molecule has 1 aliphatic rings. The van der Waals surface area contributed by atoms with Gasteiger partial charge in [-0.1, -0.05) is 35.0 Å².